The Morgan fingerprint density at radius 3 is 2.93 bits per heavy atom. The molecule has 1 aliphatic carbocycles. The van der Waals surface area contributed by atoms with E-state index in [-0.39, 0.29) is 17.4 Å². The Hall–Kier alpha value is -2.60. The van der Waals surface area contributed by atoms with Gasteiger partial charge in [0.05, 0.1) is 10.2 Å². The Balaban J connectivity index is 1.44. The van der Waals surface area contributed by atoms with E-state index in [9.17, 15) is 9.59 Å². The van der Waals surface area contributed by atoms with Crippen LogP contribution >= 0.6 is 11.3 Å². The van der Waals surface area contributed by atoms with E-state index < -0.39 is 0 Å². The lowest BCUT2D eigenvalue weighted by Crippen LogP contribution is -2.21. The van der Waals surface area contributed by atoms with Crippen LogP contribution in [0.3, 0.4) is 0 Å². The van der Waals surface area contributed by atoms with Crippen molar-refractivity contribution in [1.29, 1.82) is 0 Å². The van der Waals surface area contributed by atoms with E-state index in [1.807, 2.05) is 37.3 Å². The normalized spacial score (nSPS) is 13.4. The van der Waals surface area contributed by atoms with Crippen LogP contribution in [0.4, 0.5) is 5.69 Å². The van der Waals surface area contributed by atoms with Crippen molar-refractivity contribution in [3.63, 3.8) is 0 Å². The Labute approximate surface area is 161 Å². The molecule has 3 aromatic rings. The molecule has 1 aliphatic rings. The van der Waals surface area contributed by atoms with Gasteiger partial charge in [0.25, 0.3) is 5.91 Å². The molecule has 5 nitrogen and oxygen atoms in total. The fraction of sp³-hybridized carbons (Fsp3) is 0.333. The first-order valence-corrected chi connectivity index (χ1v) is 10.1. The van der Waals surface area contributed by atoms with E-state index in [2.05, 4.69) is 11.4 Å². The first kappa shape index (κ1) is 17.8. The Morgan fingerprint density at radius 1 is 1.22 bits per heavy atom. The van der Waals surface area contributed by atoms with Crippen LogP contribution in [0.15, 0.2) is 41.2 Å². The maximum atomic E-state index is 12.3. The number of aromatic nitrogens is 1. The summed E-state index contributed by atoms with van der Waals surface area (Å²) in [5.41, 5.74) is 4.15. The summed E-state index contributed by atoms with van der Waals surface area (Å²) in [7, 11) is 0. The molecule has 1 amide bonds. The number of fused-ring (bicyclic) bond motifs is 2. The summed E-state index contributed by atoms with van der Waals surface area (Å²) in [6, 6.07) is 11.6. The lowest BCUT2D eigenvalue weighted by molar-refractivity contribution is -0.118. The molecule has 0 unspecified atom stereocenters. The number of thiazole rings is 1. The summed E-state index contributed by atoms with van der Waals surface area (Å²) >= 11 is 1.20. The highest BCUT2D eigenvalue weighted by Gasteiger charge is 2.15. The van der Waals surface area contributed by atoms with Gasteiger partial charge < -0.3 is 10.1 Å². The van der Waals surface area contributed by atoms with Crippen LogP contribution in [-0.2, 0) is 24.2 Å². The molecule has 1 aromatic heterocycles. The molecule has 0 atom stereocenters. The molecule has 0 spiro atoms. The van der Waals surface area contributed by atoms with E-state index in [0.29, 0.717) is 12.2 Å². The van der Waals surface area contributed by atoms with Crippen molar-refractivity contribution >= 4 is 33.1 Å². The number of nitrogens with one attached hydrogen (secondary N) is 1. The van der Waals surface area contributed by atoms with E-state index in [1.54, 1.807) is 4.57 Å². The van der Waals surface area contributed by atoms with Crippen LogP contribution < -0.4 is 14.9 Å². The SMILES string of the molecule is CCn1c(=O)sc2cc(NC(=O)COc3cccc4c3CCCC4)ccc21. The first-order chi connectivity index (χ1) is 13.2. The highest BCUT2D eigenvalue weighted by Crippen LogP contribution is 2.29. The number of benzene rings is 2. The summed E-state index contributed by atoms with van der Waals surface area (Å²) in [6.07, 6.45) is 4.47. The lowest BCUT2D eigenvalue weighted by atomic mass is 9.91. The number of carbonyl (C=O) groups is 1. The van der Waals surface area contributed by atoms with Crippen LogP contribution in [0.1, 0.15) is 30.9 Å². The fourth-order valence-electron chi connectivity index (χ4n) is 3.67. The Kier molecular flexibility index (Phi) is 4.99. The molecular formula is C21H22N2O3S. The van der Waals surface area contributed by atoms with E-state index in [0.717, 1.165) is 28.8 Å². The lowest BCUT2D eigenvalue weighted by Gasteiger charge is -2.19. The number of anilines is 1. The molecule has 0 saturated carbocycles. The van der Waals surface area contributed by atoms with Crippen molar-refractivity contribution in [2.75, 3.05) is 11.9 Å². The number of amides is 1. The molecule has 0 saturated heterocycles. The minimum absolute atomic E-state index is 0.0214. The van der Waals surface area contributed by atoms with Gasteiger partial charge in [-0.15, -0.1) is 0 Å². The Bertz CT molecular complexity index is 1050. The fourth-order valence-corrected chi connectivity index (χ4v) is 4.66. The van der Waals surface area contributed by atoms with E-state index in [4.69, 9.17) is 4.74 Å². The number of hydrogen-bond donors (Lipinski definition) is 1. The summed E-state index contributed by atoms with van der Waals surface area (Å²) in [5, 5.41) is 2.86. The highest BCUT2D eigenvalue weighted by atomic mass is 32.1. The molecule has 1 heterocycles. The smallest absolute Gasteiger partial charge is 0.308 e. The zero-order valence-corrected chi connectivity index (χ0v) is 16.1. The molecule has 0 radical (unpaired) electrons. The van der Waals surface area contributed by atoms with Crippen molar-refractivity contribution < 1.29 is 9.53 Å². The van der Waals surface area contributed by atoms with Crippen LogP contribution in [0.25, 0.3) is 10.2 Å². The van der Waals surface area contributed by atoms with Gasteiger partial charge in [-0.05, 0) is 68.0 Å². The topological polar surface area (TPSA) is 60.3 Å². The number of carbonyl (C=O) groups excluding carboxylic acids is 1. The number of hydrogen-bond acceptors (Lipinski definition) is 4. The van der Waals surface area contributed by atoms with Crippen molar-refractivity contribution in [2.45, 2.75) is 39.2 Å². The van der Waals surface area contributed by atoms with Crippen molar-refractivity contribution in [3.8, 4) is 5.75 Å². The maximum absolute atomic E-state index is 12.3. The van der Waals surface area contributed by atoms with Crippen molar-refractivity contribution in [1.82, 2.24) is 4.57 Å². The molecule has 1 N–H and O–H groups in total. The van der Waals surface area contributed by atoms with Gasteiger partial charge in [0.2, 0.25) is 0 Å². The molecule has 0 aliphatic heterocycles. The molecule has 0 bridgehead atoms. The average molecular weight is 382 g/mol. The molecule has 0 fully saturated rings. The molecule has 6 heteroatoms. The van der Waals surface area contributed by atoms with Gasteiger partial charge in [-0.25, -0.2) is 0 Å². The largest absolute Gasteiger partial charge is 0.483 e. The second-order valence-corrected chi connectivity index (χ2v) is 7.73. The zero-order valence-electron chi connectivity index (χ0n) is 15.3. The first-order valence-electron chi connectivity index (χ1n) is 9.32. The quantitative estimate of drug-likeness (QED) is 0.726. The van der Waals surface area contributed by atoms with Gasteiger partial charge in [-0.1, -0.05) is 23.5 Å². The predicted octanol–water partition coefficient (Wildman–Crippen LogP) is 3.98. The molecule has 4 rings (SSSR count). The van der Waals surface area contributed by atoms with Crippen LogP contribution in [-0.4, -0.2) is 17.1 Å². The summed E-state index contributed by atoms with van der Waals surface area (Å²) in [5.74, 6) is 0.612. The molecule has 27 heavy (non-hydrogen) atoms. The number of rotatable bonds is 5. The second kappa shape index (κ2) is 7.56. The average Bonchev–Trinajstić information content (AvgIpc) is 3.00. The van der Waals surface area contributed by atoms with Gasteiger partial charge in [0.1, 0.15) is 5.75 Å². The monoisotopic (exact) mass is 382 g/mol. The summed E-state index contributed by atoms with van der Waals surface area (Å²) < 4.78 is 8.41. The van der Waals surface area contributed by atoms with E-state index in [1.165, 1.54) is 35.3 Å². The Morgan fingerprint density at radius 2 is 2.07 bits per heavy atom. The molecule has 2 aromatic carbocycles. The number of aryl methyl sites for hydroxylation is 2. The van der Waals surface area contributed by atoms with Gasteiger partial charge in [-0.2, -0.15) is 0 Å². The summed E-state index contributed by atoms with van der Waals surface area (Å²) in [6.45, 7) is 2.56. The standard InChI is InChI=1S/C21H22N2O3S/c1-2-23-17-11-10-15(12-19(17)27-21(23)25)22-20(24)13-26-18-9-5-7-14-6-3-4-8-16(14)18/h5,7,9-12H,2-4,6,8,13H2,1H3,(H,22,24). The third-order valence-corrected chi connectivity index (χ3v) is 5.92. The van der Waals surface area contributed by atoms with Gasteiger partial charge in [0, 0.05) is 12.2 Å². The summed E-state index contributed by atoms with van der Waals surface area (Å²) in [4.78, 5) is 24.3. The van der Waals surface area contributed by atoms with E-state index >= 15 is 0 Å². The predicted molar refractivity (Wildman–Crippen MR) is 109 cm³/mol. The van der Waals surface area contributed by atoms with Crippen LogP contribution in [0.2, 0.25) is 0 Å². The minimum atomic E-state index is -0.204. The highest BCUT2D eigenvalue weighted by molar-refractivity contribution is 7.16. The minimum Gasteiger partial charge on any atom is -0.483 e. The van der Waals surface area contributed by atoms with Crippen molar-refractivity contribution in [2.24, 2.45) is 0 Å². The van der Waals surface area contributed by atoms with Crippen molar-refractivity contribution in [3.05, 3.63) is 57.2 Å². The maximum Gasteiger partial charge on any atom is 0.308 e. The molecular weight excluding hydrogens is 360 g/mol. The number of ether oxygens (including phenoxy) is 1. The number of nitrogens with zero attached hydrogens (tertiary/aromatic N) is 1. The third-order valence-electron chi connectivity index (χ3n) is 4.98. The van der Waals surface area contributed by atoms with Gasteiger partial charge in [0.15, 0.2) is 6.61 Å². The third kappa shape index (κ3) is 3.62. The van der Waals surface area contributed by atoms with Crippen LogP contribution in [0.5, 0.6) is 5.75 Å². The second-order valence-electron chi connectivity index (χ2n) is 6.73. The van der Waals surface area contributed by atoms with Gasteiger partial charge in [-0.3, -0.25) is 14.2 Å². The van der Waals surface area contributed by atoms with Gasteiger partial charge >= 0.3 is 4.87 Å². The molecule has 140 valence electrons. The van der Waals surface area contributed by atoms with Crippen LogP contribution in [0, 0.1) is 0 Å². The zero-order chi connectivity index (χ0) is 18.8.